The van der Waals surface area contributed by atoms with Gasteiger partial charge in [-0.3, -0.25) is 0 Å². The van der Waals surface area contributed by atoms with Gasteiger partial charge in [0.1, 0.15) is 0 Å². The average molecular weight is 234 g/mol. The summed E-state index contributed by atoms with van der Waals surface area (Å²) in [7, 11) is 1.98. The molecule has 11 heavy (non-hydrogen) atoms. The van der Waals surface area contributed by atoms with Crippen LogP contribution in [0, 0.1) is 0 Å². The third-order valence-corrected chi connectivity index (χ3v) is 3.82. The van der Waals surface area contributed by atoms with E-state index in [0.717, 1.165) is 0 Å². The van der Waals surface area contributed by atoms with Gasteiger partial charge in [0.05, 0.1) is 0 Å². The summed E-state index contributed by atoms with van der Waals surface area (Å²) in [5, 5.41) is 5.37. The number of hydrogen-bond donors (Lipinski definition) is 1. The van der Waals surface area contributed by atoms with Crippen molar-refractivity contribution in [1.29, 1.82) is 0 Å². The molecule has 0 unspecified atom stereocenters. The minimum atomic E-state index is 0.0939. The van der Waals surface area contributed by atoms with Gasteiger partial charge >= 0.3 is 0 Å². The molecule has 1 aromatic heterocycles. The summed E-state index contributed by atoms with van der Waals surface area (Å²) in [6.07, 6.45) is 0. The normalized spacial score (nSPS) is 12.0. The minimum absolute atomic E-state index is 0.0939. The van der Waals surface area contributed by atoms with Crippen molar-refractivity contribution in [3.8, 4) is 0 Å². The first-order valence-electron chi connectivity index (χ1n) is 3.49. The fraction of sp³-hybridized carbons (Fsp3) is 0.500. The summed E-state index contributed by atoms with van der Waals surface area (Å²) in [6, 6.07) is 2.15. The van der Waals surface area contributed by atoms with Crippen molar-refractivity contribution >= 4 is 27.3 Å². The zero-order chi connectivity index (χ0) is 8.48. The van der Waals surface area contributed by atoms with Crippen LogP contribution >= 0.6 is 27.3 Å². The standard InChI is InChI=1S/C8H12BrNS/c1-8(2,10-3)7-4-6(9)5-11-7/h4-5,10H,1-3H3. The fourth-order valence-corrected chi connectivity index (χ4v) is 2.32. The monoisotopic (exact) mass is 233 g/mol. The van der Waals surface area contributed by atoms with Crippen molar-refractivity contribution in [2.45, 2.75) is 19.4 Å². The predicted molar refractivity (Wildman–Crippen MR) is 54.1 cm³/mol. The molecule has 1 aromatic rings. The van der Waals surface area contributed by atoms with Crippen molar-refractivity contribution in [2.75, 3.05) is 7.05 Å². The van der Waals surface area contributed by atoms with Gasteiger partial charge in [0, 0.05) is 20.3 Å². The lowest BCUT2D eigenvalue weighted by Crippen LogP contribution is -2.31. The van der Waals surface area contributed by atoms with Crippen LogP contribution in [0.5, 0.6) is 0 Å². The average Bonchev–Trinajstić information content (AvgIpc) is 2.36. The first-order chi connectivity index (χ1) is 5.06. The number of rotatable bonds is 2. The largest absolute Gasteiger partial charge is 0.310 e. The Bertz CT molecular complexity index is 242. The molecule has 0 amide bonds. The van der Waals surface area contributed by atoms with Gasteiger partial charge in [0.15, 0.2) is 0 Å². The molecule has 0 saturated carbocycles. The molecule has 0 spiro atoms. The maximum atomic E-state index is 3.44. The highest BCUT2D eigenvalue weighted by Gasteiger charge is 2.18. The SMILES string of the molecule is CNC(C)(C)c1cc(Br)cs1. The lowest BCUT2D eigenvalue weighted by atomic mass is 10.0. The maximum absolute atomic E-state index is 3.44. The van der Waals surface area contributed by atoms with Gasteiger partial charge in [-0.15, -0.1) is 11.3 Å². The Balaban J connectivity index is 2.92. The van der Waals surface area contributed by atoms with E-state index >= 15 is 0 Å². The van der Waals surface area contributed by atoms with E-state index in [0.29, 0.717) is 0 Å². The van der Waals surface area contributed by atoms with Gasteiger partial charge in [-0.05, 0) is 42.9 Å². The zero-order valence-electron chi connectivity index (χ0n) is 6.94. The van der Waals surface area contributed by atoms with Crippen LogP contribution in [0.25, 0.3) is 0 Å². The van der Waals surface area contributed by atoms with Crippen LogP contribution in [-0.2, 0) is 5.54 Å². The van der Waals surface area contributed by atoms with E-state index in [1.807, 2.05) is 7.05 Å². The van der Waals surface area contributed by atoms with Crippen molar-refractivity contribution in [1.82, 2.24) is 5.32 Å². The summed E-state index contributed by atoms with van der Waals surface area (Å²) in [5.74, 6) is 0. The maximum Gasteiger partial charge on any atom is 0.0469 e. The second-order valence-corrected chi connectivity index (χ2v) is 4.83. The molecular weight excluding hydrogens is 222 g/mol. The van der Waals surface area contributed by atoms with Crippen molar-refractivity contribution in [3.63, 3.8) is 0 Å². The summed E-state index contributed by atoms with van der Waals surface area (Å²) < 4.78 is 1.17. The Hall–Kier alpha value is 0.140. The van der Waals surface area contributed by atoms with E-state index < -0.39 is 0 Å². The highest BCUT2D eigenvalue weighted by molar-refractivity contribution is 9.10. The molecule has 0 aliphatic rings. The van der Waals surface area contributed by atoms with E-state index in [1.165, 1.54) is 9.35 Å². The third-order valence-electron chi connectivity index (χ3n) is 1.81. The summed E-state index contributed by atoms with van der Waals surface area (Å²) in [5.41, 5.74) is 0.0939. The van der Waals surface area contributed by atoms with Crippen molar-refractivity contribution in [2.24, 2.45) is 0 Å². The number of hydrogen-bond acceptors (Lipinski definition) is 2. The van der Waals surface area contributed by atoms with Gasteiger partial charge < -0.3 is 5.32 Å². The molecular formula is C8H12BrNS. The molecule has 0 aromatic carbocycles. The van der Waals surface area contributed by atoms with Crippen molar-refractivity contribution < 1.29 is 0 Å². The quantitative estimate of drug-likeness (QED) is 0.829. The number of halogens is 1. The minimum Gasteiger partial charge on any atom is -0.310 e. The Morgan fingerprint density at radius 1 is 1.55 bits per heavy atom. The lowest BCUT2D eigenvalue weighted by Gasteiger charge is -2.21. The summed E-state index contributed by atoms with van der Waals surface area (Å²) >= 11 is 5.21. The van der Waals surface area contributed by atoms with Gasteiger partial charge in [-0.1, -0.05) is 0 Å². The van der Waals surface area contributed by atoms with E-state index in [2.05, 4.69) is 46.5 Å². The Morgan fingerprint density at radius 3 is 2.55 bits per heavy atom. The topological polar surface area (TPSA) is 12.0 Å². The van der Waals surface area contributed by atoms with Crippen LogP contribution in [0.4, 0.5) is 0 Å². The Kier molecular flexibility index (Phi) is 2.73. The summed E-state index contributed by atoms with van der Waals surface area (Å²) in [4.78, 5) is 1.35. The molecule has 0 aliphatic carbocycles. The summed E-state index contributed by atoms with van der Waals surface area (Å²) in [6.45, 7) is 4.34. The Morgan fingerprint density at radius 2 is 2.18 bits per heavy atom. The van der Waals surface area contributed by atoms with Crippen LogP contribution in [0.15, 0.2) is 15.9 Å². The molecule has 1 nitrogen and oxygen atoms in total. The molecule has 1 heterocycles. The van der Waals surface area contributed by atoms with Crippen LogP contribution in [-0.4, -0.2) is 7.05 Å². The molecule has 0 atom stereocenters. The number of nitrogens with one attached hydrogen (secondary N) is 1. The smallest absolute Gasteiger partial charge is 0.0469 e. The molecule has 62 valence electrons. The lowest BCUT2D eigenvalue weighted by molar-refractivity contribution is 0.454. The van der Waals surface area contributed by atoms with E-state index in [9.17, 15) is 0 Å². The zero-order valence-corrected chi connectivity index (χ0v) is 9.34. The molecule has 3 heteroatoms. The van der Waals surface area contributed by atoms with E-state index in [-0.39, 0.29) is 5.54 Å². The number of thiophene rings is 1. The van der Waals surface area contributed by atoms with E-state index in [1.54, 1.807) is 11.3 Å². The fourth-order valence-electron chi connectivity index (χ4n) is 0.764. The van der Waals surface area contributed by atoms with Gasteiger partial charge in [0.25, 0.3) is 0 Å². The molecule has 0 radical (unpaired) electrons. The van der Waals surface area contributed by atoms with Crippen LogP contribution < -0.4 is 5.32 Å². The van der Waals surface area contributed by atoms with Crippen LogP contribution in [0.2, 0.25) is 0 Å². The highest BCUT2D eigenvalue weighted by atomic mass is 79.9. The van der Waals surface area contributed by atoms with Crippen molar-refractivity contribution in [3.05, 3.63) is 20.8 Å². The molecule has 0 aliphatic heterocycles. The highest BCUT2D eigenvalue weighted by Crippen LogP contribution is 2.28. The predicted octanol–water partition coefficient (Wildman–Crippen LogP) is 2.97. The first kappa shape index (κ1) is 9.23. The van der Waals surface area contributed by atoms with Gasteiger partial charge in [0.2, 0.25) is 0 Å². The molecule has 0 fully saturated rings. The van der Waals surface area contributed by atoms with E-state index in [4.69, 9.17) is 0 Å². The molecule has 0 bridgehead atoms. The van der Waals surface area contributed by atoms with Gasteiger partial charge in [-0.2, -0.15) is 0 Å². The molecule has 1 rings (SSSR count). The second-order valence-electron chi connectivity index (χ2n) is 3.00. The van der Waals surface area contributed by atoms with Crippen LogP contribution in [0.1, 0.15) is 18.7 Å². The van der Waals surface area contributed by atoms with Crippen LogP contribution in [0.3, 0.4) is 0 Å². The Labute approximate surface area is 79.9 Å². The van der Waals surface area contributed by atoms with Gasteiger partial charge in [-0.25, -0.2) is 0 Å². The molecule has 0 saturated heterocycles. The first-order valence-corrected chi connectivity index (χ1v) is 5.17. The molecule has 1 N–H and O–H groups in total. The second kappa shape index (κ2) is 3.25. The third kappa shape index (κ3) is 2.04.